The van der Waals surface area contributed by atoms with Crippen LogP contribution in [0.4, 0.5) is 0 Å². The molecule has 0 saturated carbocycles. The number of hydrogen-bond acceptors (Lipinski definition) is 1. The normalized spacial score (nSPS) is 11.3. The van der Waals surface area contributed by atoms with Crippen LogP contribution in [0.5, 0.6) is 0 Å². The third kappa shape index (κ3) is 3.56. The van der Waals surface area contributed by atoms with Crippen LogP contribution in [0.25, 0.3) is 0 Å². The van der Waals surface area contributed by atoms with Crippen LogP contribution in [-0.2, 0) is 0 Å². The highest BCUT2D eigenvalue weighted by molar-refractivity contribution is 6.33. The van der Waals surface area contributed by atoms with Crippen LogP contribution in [0.3, 0.4) is 0 Å². The maximum atomic E-state index is 11.8. The Morgan fingerprint density at radius 1 is 1.33 bits per heavy atom. The SMILES string of the molecule is Cc1ccc(C(=O)NC(C)(C)C)c(Cl)c1. The highest BCUT2D eigenvalue weighted by Crippen LogP contribution is 2.18. The van der Waals surface area contributed by atoms with Crippen LogP contribution in [0, 0.1) is 6.92 Å². The Kier molecular flexibility index (Phi) is 3.40. The van der Waals surface area contributed by atoms with E-state index in [2.05, 4.69) is 5.32 Å². The fraction of sp³-hybridized carbons (Fsp3) is 0.417. The molecule has 0 saturated heterocycles. The molecule has 0 aliphatic rings. The minimum Gasteiger partial charge on any atom is -0.347 e. The summed E-state index contributed by atoms with van der Waals surface area (Å²) < 4.78 is 0. The largest absolute Gasteiger partial charge is 0.347 e. The topological polar surface area (TPSA) is 29.1 Å². The van der Waals surface area contributed by atoms with E-state index < -0.39 is 0 Å². The van der Waals surface area contributed by atoms with Crippen LogP contribution in [0.1, 0.15) is 36.7 Å². The molecule has 15 heavy (non-hydrogen) atoms. The smallest absolute Gasteiger partial charge is 0.253 e. The monoisotopic (exact) mass is 225 g/mol. The third-order valence-electron chi connectivity index (χ3n) is 1.86. The fourth-order valence-electron chi connectivity index (χ4n) is 1.21. The van der Waals surface area contributed by atoms with Gasteiger partial charge in [0.2, 0.25) is 0 Å². The summed E-state index contributed by atoms with van der Waals surface area (Å²) in [6.07, 6.45) is 0. The van der Waals surface area contributed by atoms with E-state index in [1.807, 2.05) is 33.8 Å². The molecule has 0 unspecified atom stereocenters. The highest BCUT2D eigenvalue weighted by Gasteiger charge is 2.17. The zero-order chi connectivity index (χ0) is 11.6. The highest BCUT2D eigenvalue weighted by atomic mass is 35.5. The van der Waals surface area contributed by atoms with Crippen molar-refractivity contribution in [2.75, 3.05) is 0 Å². The first-order valence-electron chi connectivity index (χ1n) is 4.88. The molecule has 0 bridgehead atoms. The van der Waals surface area contributed by atoms with Gasteiger partial charge in [-0.2, -0.15) is 0 Å². The van der Waals surface area contributed by atoms with Crippen LogP contribution in [0.2, 0.25) is 5.02 Å². The number of benzene rings is 1. The van der Waals surface area contributed by atoms with E-state index in [0.29, 0.717) is 10.6 Å². The van der Waals surface area contributed by atoms with Gasteiger partial charge in [-0.05, 0) is 45.4 Å². The summed E-state index contributed by atoms with van der Waals surface area (Å²) in [6, 6.07) is 5.42. The van der Waals surface area contributed by atoms with Gasteiger partial charge in [-0.25, -0.2) is 0 Å². The molecule has 1 aromatic carbocycles. The number of nitrogens with one attached hydrogen (secondary N) is 1. The summed E-state index contributed by atoms with van der Waals surface area (Å²) in [4.78, 5) is 11.8. The molecule has 1 aromatic rings. The van der Waals surface area contributed by atoms with Gasteiger partial charge in [0.05, 0.1) is 10.6 Å². The van der Waals surface area contributed by atoms with Crippen molar-refractivity contribution in [2.24, 2.45) is 0 Å². The van der Waals surface area contributed by atoms with Crippen molar-refractivity contribution < 1.29 is 4.79 Å². The number of carbonyl (C=O) groups excluding carboxylic acids is 1. The lowest BCUT2D eigenvalue weighted by molar-refractivity contribution is 0.0919. The predicted molar refractivity (Wildman–Crippen MR) is 63.4 cm³/mol. The van der Waals surface area contributed by atoms with Crippen molar-refractivity contribution in [1.82, 2.24) is 5.32 Å². The molecule has 82 valence electrons. The predicted octanol–water partition coefficient (Wildman–Crippen LogP) is 3.18. The molecule has 1 N–H and O–H groups in total. The number of halogens is 1. The summed E-state index contributed by atoms with van der Waals surface area (Å²) in [5.41, 5.74) is 1.33. The molecule has 0 radical (unpaired) electrons. The van der Waals surface area contributed by atoms with E-state index in [1.165, 1.54) is 0 Å². The fourth-order valence-corrected chi connectivity index (χ4v) is 1.53. The number of hydrogen-bond donors (Lipinski definition) is 1. The first-order valence-corrected chi connectivity index (χ1v) is 5.26. The van der Waals surface area contributed by atoms with E-state index in [1.54, 1.807) is 12.1 Å². The van der Waals surface area contributed by atoms with E-state index >= 15 is 0 Å². The number of aryl methyl sites for hydroxylation is 1. The zero-order valence-corrected chi connectivity index (χ0v) is 10.3. The first-order chi connectivity index (χ1) is 6.79. The van der Waals surface area contributed by atoms with Crippen molar-refractivity contribution in [1.29, 1.82) is 0 Å². The van der Waals surface area contributed by atoms with Crippen molar-refractivity contribution >= 4 is 17.5 Å². The van der Waals surface area contributed by atoms with Crippen LogP contribution < -0.4 is 5.32 Å². The van der Waals surface area contributed by atoms with Gasteiger partial charge in [-0.15, -0.1) is 0 Å². The second-order valence-electron chi connectivity index (χ2n) is 4.69. The zero-order valence-electron chi connectivity index (χ0n) is 9.52. The molecule has 2 nitrogen and oxygen atoms in total. The molecular weight excluding hydrogens is 210 g/mol. The Hall–Kier alpha value is -1.02. The maximum absolute atomic E-state index is 11.8. The van der Waals surface area contributed by atoms with Crippen molar-refractivity contribution in [3.8, 4) is 0 Å². The van der Waals surface area contributed by atoms with Gasteiger partial charge in [0, 0.05) is 5.54 Å². The van der Waals surface area contributed by atoms with E-state index in [0.717, 1.165) is 5.56 Å². The lowest BCUT2D eigenvalue weighted by atomic mass is 10.1. The minimum absolute atomic E-state index is 0.132. The molecule has 1 rings (SSSR count). The molecular formula is C12H16ClNO. The van der Waals surface area contributed by atoms with Gasteiger partial charge in [-0.3, -0.25) is 4.79 Å². The van der Waals surface area contributed by atoms with Gasteiger partial charge in [0.1, 0.15) is 0 Å². The standard InChI is InChI=1S/C12H16ClNO/c1-8-5-6-9(10(13)7-8)11(15)14-12(2,3)4/h5-7H,1-4H3,(H,14,15). The van der Waals surface area contributed by atoms with Crippen molar-refractivity contribution in [3.63, 3.8) is 0 Å². The minimum atomic E-state index is -0.245. The third-order valence-corrected chi connectivity index (χ3v) is 2.17. The summed E-state index contributed by atoms with van der Waals surface area (Å²) in [6.45, 7) is 7.75. The van der Waals surface area contributed by atoms with E-state index in [4.69, 9.17) is 11.6 Å². The summed E-state index contributed by atoms with van der Waals surface area (Å²) in [7, 11) is 0. The summed E-state index contributed by atoms with van der Waals surface area (Å²) in [5, 5.41) is 3.37. The van der Waals surface area contributed by atoms with Gasteiger partial charge < -0.3 is 5.32 Å². The maximum Gasteiger partial charge on any atom is 0.253 e. The average Bonchev–Trinajstić information content (AvgIpc) is 1.99. The van der Waals surface area contributed by atoms with Gasteiger partial charge in [-0.1, -0.05) is 17.7 Å². The van der Waals surface area contributed by atoms with Gasteiger partial charge >= 0.3 is 0 Å². The lowest BCUT2D eigenvalue weighted by Gasteiger charge is -2.20. The molecule has 1 amide bonds. The lowest BCUT2D eigenvalue weighted by Crippen LogP contribution is -2.40. The van der Waals surface area contributed by atoms with Gasteiger partial charge in [0.15, 0.2) is 0 Å². The molecule has 0 aliphatic heterocycles. The molecule has 0 heterocycles. The van der Waals surface area contributed by atoms with Crippen LogP contribution >= 0.6 is 11.6 Å². The second-order valence-corrected chi connectivity index (χ2v) is 5.09. The Morgan fingerprint density at radius 3 is 2.40 bits per heavy atom. The van der Waals surface area contributed by atoms with Crippen molar-refractivity contribution in [3.05, 3.63) is 34.3 Å². The number of rotatable bonds is 1. The van der Waals surface area contributed by atoms with Crippen LogP contribution in [-0.4, -0.2) is 11.4 Å². The second kappa shape index (κ2) is 4.23. The molecule has 0 fully saturated rings. The quantitative estimate of drug-likeness (QED) is 0.782. The number of carbonyl (C=O) groups is 1. The Bertz CT molecular complexity index is 380. The molecule has 3 heteroatoms. The average molecular weight is 226 g/mol. The first kappa shape index (κ1) is 12.1. The molecule has 0 spiro atoms. The Morgan fingerprint density at radius 2 is 1.93 bits per heavy atom. The Labute approximate surface area is 95.6 Å². The molecule has 0 atom stereocenters. The Balaban J connectivity index is 2.92. The molecule has 0 aliphatic carbocycles. The molecule has 0 aromatic heterocycles. The van der Waals surface area contributed by atoms with Gasteiger partial charge in [0.25, 0.3) is 5.91 Å². The summed E-state index contributed by atoms with van der Waals surface area (Å²) >= 11 is 5.99. The summed E-state index contributed by atoms with van der Waals surface area (Å²) in [5.74, 6) is -0.132. The van der Waals surface area contributed by atoms with Crippen LogP contribution in [0.15, 0.2) is 18.2 Å². The van der Waals surface area contributed by atoms with E-state index in [-0.39, 0.29) is 11.4 Å². The van der Waals surface area contributed by atoms with Crippen molar-refractivity contribution in [2.45, 2.75) is 33.2 Å². The number of amides is 1. The van der Waals surface area contributed by atoms with E-state index in [9.17, 15) is 4.79 Å².